The summed E-state index contributed by atoms with van der Waals surface area (Å²) in [5, 5.41) is 4.47. The Kier molecular flexibility index (Phi) is 4.02. The fraction of sp³-hybridized carbons (Fsp3) is 0.0833. The SMILES string of the molecule is NCC#Cc1ccsc1C(=O)Nc1cnccn1. The standard InChI is InChI=1S/C12H10N4OS/c13-4-1-2-9-3-7-18-11(9)12(17)16-10-8-14-5-6-15-10/h3,5-8H,4,13H2,(H,15,16,17). The van der Waals surface area contributed by atoms with Crippen molar-refractivity contribution in [3.8, 4) is 11.8 Å². The first kappa shape index (κ1) is 12.2. The van der Waals surface area contributed by atoms with Crippen molar-refractivity contribution in [1.29, 1.82) is 0 Å². The Morgan fingerprint density at radius 2 is 2.39 bits per heavy atom. The van der Waals surface area contributed by atoms with Crippen LogP contribution < -0.4 is 11.1 Å². The number of rotatable bonds is 2. The van der Waals surface area contributed by atoms with Crippen LogP contribution >= 0.6 is 11.3 Å². The van der Waals surface area contributed by atoms with Crippen LogP contribution in [0.15, 0.2) is 30.0 Å². The fourth-order valence-corrected chi connectivity index (χ4v) is 2.01. The summed E-state index contributed by atoms with van der Waals surface area (Å²) in [6.07, 6.45) is 4.54. The lowest BCUT2D eigenvalue weighted by Crippen LogP contribution is -2.12. The molecule has 0 aliphatic carbocycles. The molecule has 0 saturated carbocycles. The van der Waals surface area contributed by atoms with Crippen LogP contribution in [0, 0.1) is 11.8 Å². The molecule has 2 heterocycles. The van der Waals surface area contributed by atoms with Gasteiger partial charge in [-0.25, -0.2) is 4.98 Å². The number of thiophene rings is 1. The van der Waals surface area contributed by atoms with Crippen molar-refractivity contribution in [1.82, 2.24) is 9.97 Å². The molecule has 2 aromatic heterocycles. The number of hydrogen-bond donors (Lipinski definition) is 2. The summed E-state index contributed by atoms with van der Waals surface area (Å²) in [5.74, 6) is 5.75. The largest absolute Gasteiger partial charge is 0.320 e. The minimum atomic E-state index is -0.244. The highest BCUT2D eigenvalue weighted by molar-refractivity contribution is 7.12. The Morgan fingerprint density at radius 1 is 1.50 bits per heavy atom. The van der Waals surface area contributed by atoms with Crippen LogP contribution in [0.4, 0.5) is 5.82 Å². The summed E-state index contributed by atoms with van der Waals surface area (Å²) in [6.45, 7) is 0.265. The molecule has 5 nitrogen and oxygen atoms in total. The highest BCUT2D eigenvalue weighted by Crippen LogP contribution is 2.17. The van der Waals surface area contributed by atoms with E-state index in [4.69, 9.17) is 5.73 Å². The molecule has 0 unspecified atom stereocenters. The Bertz CT molecular complexity index is 597. The predicted molar refractivity (Wildman–Crippen MR) is 70.2 cm³/mol. The van der Waals surface area contributed by atoms with Gasteiger partial charge in [-0.05, 0) is 11.4 Å². The van der Waals surface area contributed by atoms with Gasteiger partial charge < -0.3 is 11.1 Å². The molecular weight excluding hydrogens is 248 g/mol. The van der Waals surface area contributed by atoms with Gasteiger partial charge in [-0.15, -0.1) is 11.3 Å². The van der Waals surface area contributed by atoms with E-state index in [9.17, 15) is 4.79 Å². The first-order valence-corrected chi connectivity index (χ1v) is 6.03. The second-order valence-corrected chi connectivity index (χ2v) is 4.13. The van der Waals surface area contributed by atoms with E-state index in [1.165, 1.54) is 23.7 Å². The third-order valence-electron chi connectivity index (χ3n) is 2.00. The van der Waals surface area contributed by atoms with Crippen molar-refractivity contribution >= 4 is 23.1 Å². The topological polar surface area (TPSA) is 80.9 Å². The zero-order valence-electron chi connectivity index (χ0n) is 9.38. The Hall–Kier alpha value is -2.23. The Labute approximate surface area is 108 Å². The van der Waals surface area contributed by atoms with Gasteiger partial charge in [0.2, 0.25) is 0 Å². The van der Waals surface area contributed by atoms with E-state index in [2.05, 4.69) is 27.1 Å². The van der Waals surface area contributed by atoms with E-state index < -0.39 is 0 Å². The number of carbonyl (C=O) groups is 1. The van der Waals surface area contributed by atoms with Crippen molar-refractivity contribution in [2.45, 2.75) is 0 Å². The molecule has 0 aromatic carbocycles. The van der Waals surface area contributed by atoms with Crippen LogP contribution in [0.3, 0.4) is 0 Å². The molecular formula is C12H10N4OS. The van der Waals surface area contributed by atoms with Crippen LogP contribution in [-0.4, -0.2) is 22.4 Å². The Morgan fingerprint density at radius 3 is 3.11 bits per heavy atom. The molecule has 0 spiro atoms. The molecule has 2 rings (SSSR count). The van der Waals surface area contributed by atoms with E-state index in [-0.39, 0.29) is 12.5 Å². The first-order chi connectivity index (χ1) is 8.81. The second kappa shape index (κ2) is 5.91. The highest BCUT2D eigenvalue weighted by Gasteiger charge is 2.12. The molecule has 0 radical (unpaired) electrons. The summed E-state index contributed by atoms with van der Waals surface area (Å²) in [5.41, 5.74) is 5.98. The van der Waals surface area contributed by atoms with Gasteiger partial charge >= 0.3 is 0 Å². The average molecular weight is 258 g/mol. The van der Waals surface area contributed by atoms with Crippen molar-refractivity contribution < 1.29 is 4.79 Å². The summed E-state index contributed by atoms with van der Waals surface area (Å²) < 4.78 is 0. The van der Waals surface area contributed by atoms with Gasteiger partial charge in [-0.2, -0.15) is 0 Å². The molecule has 18 heavy (non-hydrogen) atoms. The minimum absolute atomic E-state index is 0.244. The van der Waals surface area contributed by atoms with Crippen LogP contribution in [0.1, 0.15) is 15.2 Å². The summed E-state index contributed by atoms with van der Waals surface area (Å²) >= 11 is 1.32. The zero-order chi connectivity index (χ0) is 12.8. The minimum Gasteiger partial charge on any atom is -0.320 e. The Balaban J connectivity index is 2.17. The van der Waals surface area contributed by atoms with Gasteiger partial charge in [-0.1, -0.05) is 11.8 Å². The number of carbonyl (C=O) groups excluding carboxylic acids is 1. The van der Waals surface area contributed by atoms with Gasteiger partial charge in [0.15, 0.2) is 5.82 Å². The summed E-state index contributed by atoms with van der Waals surface area (Å²) in [4.78, 5) is 20.4. The van der Waals surface area contributed by atoms with Crippen LogP contribution in [0.5, 0.6) is 0 Å². The maximum Gasteiger partial charge on any atom is 0.268 e. The number of nitrogens with one attached hydrogen (secondary N) is 1. The second-order valence-electron chi connectivity index (χ2n) is 3.21. The lowest BCUT2D eigenvalue weighted by Gasteiger charge is -2.01. The van der Waals surface area contributed by atoms with Gasteiger partial charge in [-0.3, -0.25) is 9.78 Å². The molecule has 0 bridgehead atoms. The lowest BCUT2D eigenvalue weighted by molar-refractivity contribution is 0.103. The van der Waals surface area contributed by atoms with Gasteiger partial charge in [0.1, 0.15) is 4.88 Å². The molecule has 6 heteroatoms. The first-order valence-electron chi connectivity index (χ1n) is 5.15. The maximum absolute atomic E-state index is 12.0. The highest BCUT2D eigenvalue weighted by atomic mass is 32.1. The number of aromatic nitrogens is 2. The molecule has 2 aromatic rings. The number of hydrogen-bond acceptors (Lipinski definition) is 5. The smallest absolute Gasteiger partial charge is 0.268 e. The van der Waals surface area contributed by atoms with Gasteiger partial charge in [0.05, 0.1) is 12.7 Å². The summed E-state index contributed by atoms with van der Waals surface area (Å²) in [7, 11) is 0. The van der Waals surface area contributed by atoms with Crippen molar-refractivity contribution in [2.75, 3.05) is 11.9 Å². The quantitative estimate of drug-likeness (QED) is 0.790. The number of amides is 1. The molecule has 1 amide bonds. The van der Waals surface area contributed by atoms with Crippen molar-refractivity contribution in [3.63, 3.8) is 0 Å². The number of anilines is 1. The van der Waals surface area contributed by atoms with E-state index in [1.807, 2.05) is 5.38 Å². The van der Waals surface area contributed by atoms with E-state index in [0.29, 0.717) is 16.3 Å². The van der Waals surface area contributed by atoms with E-state index in [1.54, 1.807) is 12.3 Å². The van der Waals surface area contributed by atoms with E-state index >= 15 is 0 Å². The third kappa shape index (κ3) is 2.91. The van der Waals surface area contributed by atoms with Crippen LogP contribution in [-0.2, 0) is 0 Å². The van der Waals surface area contributed by atoms with Gasteiger partial charge in [0.25, 0.3) is 5.91 Å². The van der Waals surface area contributed by atoms with Crippen LogP contribution in [0.25, 0.3) is 0 Å². The lowest BCUT2D eigenvalue weighted by atomic mass is 10.2. The monoisotopic (exact) mass is 258 g/mol. The fourth-order valence-electron chi connectivity index (χ4n) is 1.27. The molecule has 0 atom stereocenters. The molecule has 3 N–H and O–H groups in total. The number of nitrogens with two attached hydrogens (primary N) is 1. The molecule has 0 saturated heterocycles. The van der Waals surface area contributed by atoms with Crippen LogP contribution in [0.2, 0.25) is 0 Å². The number of nitrogens with zero attached hydrogens (tertiary/aromatic N) is 2. The molecule has 90 valence electrons. The molecule has 0 aliphatic heterocycles. The van der Waals surface area contributed by atoms with Crippen molar-refractivity contribution in [2.24, 2.45) is 5.73 Å². The zero-order valence-corrected chi connectivity index (χ0v) is 10.2. The molecule has 0 aliphatic rings. The summed E-state index contributed by atoms with van der Waals surface area (Å²) in [6, 6.07) is 1.79. The van der Waals surface area contributed by atoms with Crippen molar-refractivity contribution in [3.05, 3.63) is 40.5 Å². The molecule has 0 fully saturated rings. The van der Waals surface area contributed by atoms with Gasteiger partial charge in [0, 0.05) is 18.0 Å². The third-order valence-corrected chi connectivity index (χ3v) is 2.91. The average Bonchev–Trinajstić information content (AvgIpc) is 2.86. The van der Waals surface area contributed by atoms with E-state index in [0.717, 1.165) is 0 Å². The maximum atomic E-state index is 12.0. The predicted octanol–water partition coefficient (Wildman–Crippen LogP) is 1.10. The normalized spacial score (nSPS) is 9.39.